The number of halogens is 5. The second-order valence-electron chi connectivity index (χ2n) is 7.20. The van der Waals surface area contributed by atoms with Crippen LogP contribution in [-0.4, -0.2) is 5.91 Å². The van der Waals surface area contributed by atoms with Crippen molar-refractivity contribution in [3.63, 3.8) is 0 Å². The van der Waals surface area contributed by atoms with Gasteiger partial charge in [0.05, 0.1) is 11.1 Å². The number of rotatable bonds is 6. The molecule has 0 bridgehead atoms. The van der Waals surface area contributed by atoms with Crippen molar-refractivity contribution in [3.05, 3.63) is 107 Å². The molecule has 0 radical (unpaired) electrons. The van der Waals surface area contributed by atoms with Crippen LogP contribution in [-0.2, 0) is 22.9 Å². The van der Waals surface area contributed by atoms with E-state index >= 15 is 0 Å². The molecule has 1 amide bonds. The summed E-state index contributed by atoms with van der Waals surface area (Å²) in [6, 6.07) is 16.0. The van der Waals surface area contributed by atoms with Crippen LogP contribution in [0.25, 0.3) is 0 Å². The van der Waals surface area contributed by atoms with Gasteiger partial charge in [0.2, 0.25) is 5.91 Å². The first-order chi connectivity index (χ1) is 14.6. The Kier molecular flexibility index (Phi) is 6.43. The summed E-state index contributed by atoms with van der Waals surface area (Å²) in [7, 11) is 0. The highest BCUT2D eigenvalue weighted by atomic mass is 19.4. The number of alkyl halides is 3. The van der Waals surface area contributed by atoms with Gasteiger partial charge in [-0.2, -0.15) is 13.2 Å². The summed E-state index contributed by atoms with van der Waals surface area (Å²) in [6.07, 6.45) is -4.70. The lowest BCUT2D eigenvalue weighted by Crippen LogP contribution is -2.48. The number of hydrogen-bond acceptors (Lipinski definition) is 1. The molecule has 0 aliphatic carbocycles. The quantitative estimate of drug-likeness (QED) is 0.475. The third-order valence-corrected chi connectivity index (χ3v) is 5.04. The van der Waals surface area contributed by atoms with Crippen LogP contribution in [0.4, 0.5) is 22.0 Å². The molecule has 3 aromatic rings. The van der Waals surface area contributed by atoms with E-state index in [1.807, 2.05) is 0 Å². The lowest BCUT2D eigenvalue weighted by atomic mass is 9.77. The summed E-state index contributed by atoms with van der Waals surface area (Å²) in [5, 5.41) is 2.79. The Labute approximate surface area is 176 Å². The molecule has 2 nitrogen and oxygen atoms in total. The Morgan fingerprint density at radius 1 is 0.806 bits per heavy atom. The maximum absolute atomic E-state index is 14.4. The molecule has 1 unspecified atom stereocenters. The first kappa shape index (κ1) is 22.5. The molecule has 0 saturated heterocycles. The lowest BCUT2D eigenvalue weighted by molar-refractivity contribution is -0.137. The minimum atomic E-state index is -4.78. The van der Waals surface area contributed by atoms with Crippen molar-refractivity contribution in [2.75, 3.05) is 0 Å². The summed E-state index contributed by atoms with van der Waals surface area (Å²) in [4.78, 5) is 12.5. The molecular weight excluding hydrogens is 413 g/mol. The molecule has 0 saturated carbocycles. The molecule has 1 atom stereocenters. The smallest absolute Gasteiger partial charge is 0.342 e. The Morgan fingerprint density at radius 2 is 1.42 bits per heavy atom. The number of amides is 1. The van der Waals surface area contributed by atoms with Crippen LogP contribution in [0.5, 0.6) is 0 Å². The molecule has 0 aliphatic rings. The van der Waals surface area contributed by atoms with Crippen molar-refractivity contribution in [3.8, 4) is 0 Å². The van der Waals surface area contributed by atoms with Crippen molar-refractivity contribution in [1.82, 2.24) is 5.32 Å². The van der Waals surface area contributed by atoms with Gasteiger partial charge in [0, 0.05) is 12.8 Å². The Hall–Kier alpha value is -3.22. The highest BCUT2D eigenvalue weighted by Crippen LogP contribution is 2.38. The fraction of sp³-hybridized carbons (Fsp3) is 0.208. The summed E-state index contributed by atoms with van der Waals surface area (Å²) in [6.45, 7) is 1.60. The van der Waals surface area contributed by atoms with Crippen LogP contribution in [0.15, 0.2) is 72.8 Å². The van der Waals surface area contributed by atoms with E-state index in [9.17, 15) is 26.7 Å². The van der Waals surface area contributed by atoms with Gasteiger partial charge in [-0.05, 0) is 47.0 Å². The van der Waals surface area contributed by atoms with Gasteiger partial charge in [0.25, 0.3) is 0 Å². The van der Waals surface area contributed by atoms with E-state index in [0.29, 0.717) is 17.2 Å². The van der Waals surface area contributed by atoms with Crippen LogP contribution in [0.1, 0.15) is 35.6 Å². The van der Waals surface area contributed by atoms with Gasteiger partial charge in [-0.3, -0.25) is 4.79 Å². The van der Waals surface area contributed by atoms with E-state index in [2.05, 4.69) is 5.32 Å². The Morgan fingerprint density at radius 3 is 2.00 bits per heavy atom. The van der Waals surface area contributed by atoms with Crippen molar-refractivity contribution in [2.24, 2.45) is 0 Å². The zero-order valence-electron chi connectivity index (χ0n) is 16.6. The van der Waals surface area contributed by atoms with E-state index in [4.69, 9.17) is 0 Å². The van der Waals surface area contributed by atoms with Gasteiger partial charge in [-0.15, -0.1) is 0 Å². The zero-order chi connectivity index (χ0) is 22.6. The minimum absolute atomic E-state index is 0.0337. The average molecular weight is 433 g/mol. The summed E-state index contributed by atoms with van der Waals surface area (Å²) in [5.41, 5.74) is -1.78. The van der Waals surface area contributed by atoms with E-state index in [1.54, 1.807) is 37.3 Å². The van der Waals surface area contributed by atoms with Crippen LogP contribution in [0.2, 0.25) is 0 Å². The third kappa shape index (κ3) is 5.10. The van der Waals surface area contributed by atoms with Crippen molar-refractivity contribution in [1.29, 1.82) is 0 Å². The largest absolute Gasteiger partial charge is 0.416 e. The first-order valence-corrected chi connectivity index (χ1v) is 9.63. The van der Waals surface area contributed by atoms with Crippen LogP contribution < -0.4 is 5.32 Å². The number of hydrogen-bond donors (Lipinski definition) is 1. The van der Waals surface area contributed by atoms with E-state index in [1.165, 1.54) is 12.1 Å². The standard InChI is InChI=1S/C24H20F5NO/c1-2-22(31)30-23(15-16-6-4-3-5-7-16,17-8-10-20(25)11-9-17)18-12-19(24(27,28)29)14-21(26)13-18/h3-14H,2,15H2,1H3,(H,30,31). The van der Waals surface area contributed by atoms with Gasteiger partial charge < -0.3 is 5.32 Å². The fourth-order valence-corrected chi connectivity index (χ4v) is 3.52. The Bertz CT molecular complexity index is 1050. The Balaban J connectivity index is 2.31. The number of benzene rings is 3. The molecule has 0 aromatic heterocycles. The third-order valence-electron chi connectivity index (χ3n) is 5.04. The van der Waals surface area contributed by atoms with Gasteiger partial charge in [-0.25, -0.2) is 8.78 Å². The van der Waals surface area contributed by atoms with Gasteiger partial charge in [0.15, 0.2) is 0 Å². The highest BCUT2D eigenvalue weighted by Gasteiger charge is 2.39. The zero-order valence-corrected chi connectivity index (χ0v) is 16.6. The molecule has 3 rings (SSSR count). The maximum Gasteiger partial charge on any atom is 0.416 e. The molecule has 3 aromatic carbocycles. The van der Waals surface area contributed by atoms with E-state index < -0.39 is 34.8 Å². The SMILES string of the molecule is CCC(=O)NC(Cc1ccccc1)(c1ccc(F)cc1)c1cc(F)cc(C(F)(F)F)c1. The van der Waals surface area contributed by atoms with Crippen LogP contribution in [0, 0.1) is 11.6 Å². The minimum Gasteiger partial charge on any atom is -0.342 e. The molecule has 0 heterocycles. The van der Waals surface area contributed by atoms with Crippen LogP contribution in [0.3, 0.4) is 0 Å². The number of nitrogens with one attached hydrogen (secondary N) is 1. The molecular formula is C24H20F5NO. The molecule has 0 aliphatic heterocycles. The average Bonchev–Trinajstić information content (AvgIpc) is 2.73. The number of carbonyl (C=O) groups is 1. The second kappa shape index (κ2) is 8.88. The number of carbonyl (C=O) groups excluding carboxylic acids is 1. The summed E-state index contributed by atoms with van der Waals surface area (Å²) >= 11 is 0. The molecule has 7 heteroatoms. The predicted molar refractivity (Wildman–Crippen MR) is 107 cm³/mol. The molecule has 0 spiro atoms. The predicted octanol–water partition coefficient (Wildman–Crippen LogP) is 6.00. The normalized spacial score (nSPS) is 13.5. The highest BCUT2D eigenvalue weighted by molar-refractivity contribution is 5.77. The van der Waals surface area contributed by atoms with E-state index in [0.717, 1.165) is 24.3 Å². The van der Waals surface area contributed by atoms with Crippen LogP contribution >= 0.6 is 0 Å². The fourth-order valence-electron chi connectivity index (χ4n) is 3.52. The topological polar surface area (TPSA) is 29.1 Å². The van der Waals surface area contributed by atoms with Gasteiger partial charge >= 0.3 is 6.18 Å². The maximum atomic E-state index is 14.4. The molecule has 1 N–H and O–H groups in total. The van der Waals surface area contributed by atoms with Crippen molar-refractivity contribution >= 4 is 5.91 Å². The van der Waals surface area contributed by atoms with E-state index in [-0.39, 0.29) is 18.4 Å². The molecule has 162 valence electrons. The first-order valence-electron chi connectivity index (χ1n) is 9.63. The summed E-state index contributed by atoms with van der Waals surface area (Å²) < 4.78 is 68.3. The van der Waals surface area contributed by atoms with Crippen molar-refractivity contribution < 1.29 is 26.7 Å². The summed E-state index contributed by atoms with van der Waals surface area (Å²) in [5.74, 6) is -2.08. The van der Waals surface area contributed by atoms with Crippen molar-refractivity contribution in [2.45, 2.75) is 31.5 Å². The molecule has 31 heavy (non-hydrogen) atoms. The monoisotopic (exact) mass is 433 g/mol. The molecule has 0 fully saturated rings. The van der Waals surface area contributed by atoms with Gasteiger partial charge in [0.1, 0.15) is 11.6 Å². The second-order valence-corrected chi connectivity index (χ2v) is 7.20. The lowest BCUT2D eigenvalue weighted by Gasteiger charge is -2.37. The van der Waals surface area contributed by atoms with Gasteiger partial charge in [-0.1, -0.05) is 49.4 Å².